The smallest absolute Gasteiger partial charge is 0.337 e. The van der Waals surface area contributed by atoms with Crippen LogP contribution in [0.15, 0.2) is 82.7 Å². The van der Waals surface area contributed by atoms with Crippen LogP contribution in [0.4, 0.5) is 5.69 Å². The SMILES string of the molecule is CN1C(=O)/C(=C/c2ccc(OCc3ccc(C4CCCCC4)cc3)cc2)S/C1=N/c1ccc(C(O)C(=O)O)cc1. The Kier molecular flexibility index (Phi) is 8.67. The number of aliphatic imine (C=N–C) groups is 1. The fourth-order valence-corrected chi connectivity index (χ4v) is 5.92. The fourth-order valence-electron chi connectivity index (χ4n) is 4.94. The topological polar surface area (TPSA) is 99.4 Å². The average Bonchev–Trinajstić information content (AvgIpc) is 3.25. The molecule has 1 atom stereocenters. The molecular weight excluding hydrogens is 524 g/mol. The monoisotopic (exact) mass is 556 g/mol. The molecule has 3 aromatic carbocycles. The summed E-state index contributed by atoms with van der Waals surface area (Å²) in [6.07, 6.45) is 6.85. The zero-order chi connectivity index (χ0) is 28.1. The molecule has 8 heteroatoms. The molecule has 5 rings (SSSR count). The van der Waals surface area contributed by atoms with E-state index >= 15 is 0 Å². The Bertz CT molecular complexity index is 1410. The van der Waals surface area contributed by atoms with Crippen molar-refractivity contribution in [3.05, 3.63) is 100.0 Å². The first-order valence-corrected chi connectivity index (χ1v) is 14.3. The number of aliphatic hydroxyl groups excluding tert-OH is 1. The van der Waals surface area contributed by atoms with Gasteiger partial charge in [0.25, 0.3) is 5.91 Å². The first kappa shape index (κ1) is 27.7. The van der Waals surface area contributed by atoms with Gasteiger partial charge in [0.1, 0.15) is 12.4 Å². The van der Waals surface area contributed by atoms with Crippen molar-refractivity contribution in [3.63, 3.8) is 0 Å². The summed E-state index contributed by atoms with van der Waals surface area (Å²) in [6.45, 7) is 0.501. The molecule has 1 saturated heterocycles. The van der Waals surface area contributed by atoms with Crippen LogP contribution in [0.2, 0.25) is 0 Å². The van der Waals surface area contributed by atoms with Gasteiger partial charge < -0.3 is 14.9 Å². The fraction of sp³-hybridized carbons (Fsp3) is 0.281. The number of hydrogen-bond acceptors (Lipinski definition) is 6. The number of carboxylic acids is 1. The number of carboxylic acid groups (broad SMARTS) is 1. The number of amides is 1. The van der Waals surface area contributed by atoms with Gasteiger partial charge in [-0.2, -0.15) is 0 Å². The van der Waals surface area contributed by atoms with Crippen LogP contribution in [-0.2, 0) is 16.2 Å². The van der Waals surface area contributed by atoms with Crippen LogP contribution in [0.25, 0.3) is 6.08 Å². The predicted octanol–water partition coefficient (Wildman–Crippen LogP) is 6.67. The second-order valence-corrected chi connectivity index (χ2v) is 11.1. The summed E-state index contributed by atoms with van der Waals surface area (Å²) >= 11 is 1.27. The van der Waals surface area contributed by atoms with E-state index in [-0.39, 0.29) is 11.5 Å². The Labute approximate surface area is 238 Å². The molecule has 3 aromatic rings. The summed E-state index contributed by atoms with van der Waals surface area (Å²) in [6, 6.07) is 22.7. The molecule has 1 amide bonds. The third-order valence-electron chi connectivity index (χ3n) is 7.31. The Balaban J connectivity index is 1.18. The minimum Gasteiger partial charge on any atom is -0.489 e. The molecule has 0 aromatic heterocycles. The van der Waals surface area contributed by atoms with Gasteiger partial charge in [-0.1, -0.05) is 67.8 Å². The lowest BCUT2D eigenvalue weighted by molar-refractivity contribution is -0.147. The minimum atomic E-state index is -1.59. The number of thioether (sulfide) groups is 1. The number of likely N-dealkylation sites (N-methyl/N-ethyl adjacent to an activating group) is 1. The van der Waals surface area contributed by atoms with Crippen molar-refractivity contribution in [2.45, 2.75) is 50.7 Å². The van der Waals surface area contributed by atoms with Gasteiger partial charge in [-0.05, 0) is 83.1 Å². The van der Waals surface area contributed by atoms with E-state index < -0.39 is 12.1 Å². The summed E-state index contributed by atoms with van der Waals surface area (Å²) in [4.78, 5) is 30.3. The van der Waals surface area contributed by atoms with Crippen molar-refractivity contribution in [1.82, 2.24) is 4.90 Å². The van der Waals surface area contributed by atoms with E-state index in [1.54, 1.807) is 19.2 Å². The van der Waals surface area contributed by atoms with Crippen LogP contribution < -0.4 is 4.74 Å². The molecule has 0 bridgehead atoms. The maximum Gasteiger partial charge on any atom is 0.337 e. The summed E-state index contributed by atoms with van der Waals surface area (Å²) < 4.78 is 5.99. The van der Waals surface area contributed by atoms with Crippen molar-refractivity contribution < 1.29 is 24.5 Å². The number of aliphatic carboxylic acids is 1. The molecule has 7 nitrogen and oxygen atoms in total. The maximum atomic E-state index is 12.8. The third kappa shape index (κ3) is 6.63. The minimum absolute atomic E-state index is 0.154. The molecule has 2 N–H and O–H groups in total. The van der Waals surface area contributed by atoms with Gasteiger partial charge in [0.05, 0.1) is 10.6 Å². The molecule has 0 spiro atoms. The van der Waals surface area contributed by atoms with E-state index in [1.165, 1.54) is 66.5 Å². The Hall–Kier alpha value is -3.88. The van der Waals surface area contributed by atoms with Gasteiger partial charge in [0.15, 0.2) is 11.3 Å². The van der Waals surface area contributed by atoms with E-state index in [0.29, 0.717) is 28.3 Å². The molecule has 0 radical (unpaired) electrons. The van der Waals surface area contributed by atoms with Crippen LogP contribution >= 0.6 is 11.8 Å². The predicted molar refractivity (Wildman–Crippen MR) is 158 cm³/mol. The van der Waals surface area contributed by atoms with Gasteiger partial charge in [-0.15, -0.1) is 0 Å². The van der Waals surface area contributed by atoms with E-state index in [2.05, 4.69) is 29.3 Å². The average molecular weight is 557 g/mol. The second-order valence-electron chi connectivity index (χ2n) is 10.1. The second kappa shape index (κ2) is 12.5. The molecule has 2 aliphatic rings. The molecule has 40 heavy (non-hydrogen) atoms. The number of hydrogen-bond donors (Lipinski definition) is 2. The Morgan fingerprint density at radius 1 is 1.02 bits per heavy atom. The molecule has 1 aliphatic carbocycles. The van der Waals surface area contributed by atoms with Gasteiger partial charge in [0.2, 0.25) is 0 Å². The molecule has 1 heterocycles. The van der Waals surface area contributed by atoms with Crippen LogP contribution in [-0.4, -0.2) is 39.2 Å². The molecule has 206 valence electrons. The van der Waals surface area contributed by atoms with E-state index in [1.807, 2.05) is 30.3 Å². The number of ether oxygens (including phenoxy) is 1. The van der Waals surface area contributed by atoms with Crippen molar-refractivity contribution in [3.8, 4) is 5.75 Å². The largest absolute Gasteiger partial charge is 0.489 e. The highest BCUT2D eigenvalue weighted by Crippen LogP contribution is 2.34. The van der Waals surface area contributed by atoms with Crippen molar-refractivity contribution in [2.24, 2.45) is 4.99 Å². The number of nitrogens with zero attached hydrogens (tertiary/aromatic N) is 2. The number of aliphatic hydroxyl groups is 1. The van der Waals surface area contributed by atoms with Crippen LogP contribution in [0, 0.1) is 0 Å². The number of amidine groups is 1. The Morgan fingerprint density at radius 2 is 1.70 bits per heavy atom. The maximum absolute atomic E-state index is 12.8. The van der Waals surface area contributed by atoms with Crippen LogP contribution in [0.1, 0.15) is 66.4 Å². The third-order valence-corrected chi connectivity index (χ3v) is 8.37. The zero-order valence-electron chi connectivity index (χ0n) is 22.3. The summed E-state index contributed by atoms with van der Waals surface area (Å²) in [7, 11) is 1.66. The zero-order valence-corrected chi connectivity index (χ0v) is 23.1. The number of carbonyl (C=O) groups excluding carboxylic acids is 1. The van der Waals surface area contributed by atoms with E-state index in [4.69, 9.17) is 9.84 Å². The Morgan fingerprint density at radius 3 is 2.35 bits per heavy atom. The van der Waals surface area contributed by atoms with Gasteiger partial charge >= 0.3 is 5.97 Å². The normalized spacial score (nSPS) is 18.9. The lowest BCUT2D eigenvalue weighted by atomic mass is 9.84. The highest BCUT2D eigenvalue weighted by Gasteiger charge is 2.30. The number of benzene rings is 3. The molecule has 1 unspecified atom stereocenters. The van der Waals surface area contributed by atoms with Crippen molar-refractivity contribution in [2.75, 3.05) is 7.05 Å². The van der Waals surface area contributed by atoms with Crippen LogP contribution in [0.3, 0.4) is 0 Å². The van der Waals surface area contributed by atoms with E-state index in [0.717, 1.165) is 16.9 Å². The molecule has 2 fully saturated rings. The molecule has 1 aliphatic heterocycles. The number of rotatable bonds is 8. The first-order valence-electron chi connectivity index (χ1n) is 13.5. The summed E-state index contributed by atoms with van der Waals surface area (Å²) in [5, 5.41) is 19.1. The standard InChI is InChI=1S/C32H32N2O5S/c1-34-30(36)28(40-32(34)33-26-15-13-25(14-16-26)29(35)31(37)38)19-21-9-17-27(18-10-21)39-20-22-7-11-24(12-8-22)23-5-3-2-4-6-23/h7-19,23,29,35H,2-6,20H2,1H3,(H,37,38)/b28-19-,33-32+. The van der Waals surface area contributed by atoms with Gasteiger partial charge in [0, 0.05) is 7.05 Å². The van der Waals surface area contributed by atoms with Gasteiger partial charge in [-0.3, -0.25) is 9.69 Å². The van der Waals surface area contributed by atoms with Crippen molar-refractivity contribution >= 4 is 40.6 Å². The van der Waals surface area contributed by atoms with Crippen molar-refractivity contribution in [1.29, 1.82) is 0 Å². The molecule has 1 saturated carbocycles. The lowest BCUT2D eigenvalue weighted by Crippen LogP contribution is -2.23. The van der Waals surface area contributed by atoms with Gasteiger partial charge in [-0.25, -0.2) is 9.79 Å². The van der Waals surface area contributed by atoms with E-state index in [9.17, 15) is 14.7 Å². The highest BCUT2D eigenvalue weighted by molar-refractivity contribution is 8.18. The lowest BCUT2D eigenvalue weighted by Gasteiger charge is -2.22. The summed E-state index contributed by atoms with van der Waals surface area (Å²) in [5.41, 5.74) is 4.27. The number of carbonyl (C=O) groups is 2. The van der Waals surface area contributed by atoms with Crippen LogP contribution in [0.5, 0.6) is 5.75 Å². The summed E-state index contributed by atoms with van der Waals surface area (Å²) in [5.74, 6) is -0.00713. The quantitative estimate of drug-likeness (QED) is 0.301. The first-order chi connectivity index (χ1) is 19.4. The highest BCUT2D eigenvalue weighted by atomic mass is 32.2. The molecular formula is C32H32N2O5S.